The van der Waals surface area contributed by atoms with E-state index in [2.05, 4.69) is 30.2 Å². The first kappa shape index (κ1) is 20.6. The lowest BCUT2D eigenvalue weighted by Gasteiger charge is -2.17. The number of fused-ring (bicyclic) bond motifs is 1. The van der Waals surface area contributed by atoms with E-state index in [1.165, 1.54) is 11.3 Å². The normalized spacial score (nSPS) is 11.4. The maximum absolute atomic E-state index is 13.2. The fourth-order valence-corrected chi connectivity index (χ4v) is 5.54. The molecule has 0 spiro atoms. The van der Waals surface area contributed by atoms with Gasteiger partial charge in [-0.3, -0.25) is 9.06 Å². The summed E-state index contributed by atoms with van der Waals surface area (Å²) in [5.41, 5.74) is 3.04. The summed E-state index contributed by atoms with van der Waals surface area (Å²) in [6.07, 6.45) is 0. The molecule has 3 aromatic carbocycles. The summed E-state index contributed by atoms with van der Waals surface area (Å²) in [7, 11) is 0.0914. The third-order valence-corrected chi connectivity index (χ3v) is 7.46. The number of aromatic nitrogens is 1. The van der Waals surface area contributed by atoms with Crippen LogP contribution in [-0.2, 0) is 10.0 Å². The van der Waals surface area contributed by atoms with Crippen molar-refractivity contribution in [1.29, 1.82) is 0 Å². The van der Waals surface area contributed by atoms with E-state index in [0.717, 1.165) is 27.5 Å². The van der Waals surface area contributed by atoms with Crippen LogP contribution in [0.25, 0.3) is 22.0 Å². The molecule has 4 aromatic rings. The Labute approximate surface area is 188 Å². The molecule has 0 aliphatic rings. The molecule has 30 heavy (non-hydrogen) atoms. The van der Waals surface area contributed by atoms with Gasteiger partial charge in [0.1, 0.15) is 0 Å². The van der Waals surface area contributed by atoms with Gasteiger partial charge in [-0.2, -0.15) is 0 Å². The molecule has 0 fully saturated rings. The smallest absolute Gasteiger partial charge is 0.262 e. The summed E-state index contributed by atoms with van der Waals surface area (Å²) in [5, 5.41) is 4.20. The molecule has 2 N–H and O–H groups in total. The monoisotopic (exact) mass is 502 g/mol. The average Bonchev–Trinajstić information content (AvgIpc) is 3.22. The molecule has 0 amide bonds. The Morgan fingerprint density at radius 3 is 2.47 bits per heavy atom. The van der Waals surface area contributed by atoms with Gasteiger partial charge in [-0.05, 0) is 24.3 Å². The van der Waals surface area contributed by atoms with Crippen molar-refractivity contribution < 1.29 is 8.42 Å². The molecule has 0 radical (unpaired) electrons. The lowest BCUT2D eigenvalue weighted by Crippen LogP contribution is -2.14. The Morgan fingerprint density at radius 1 is 1.00 bits per heavy atom. The predicted octanol–water partition coefficient (Wildman–Crippen LogP) is 5.55. The largest absolute Gasteiger partial charge is 0.377 e. The lowest BCUT2D eigenvalue weighted by atomic mass is 10.1. The molecular formula is C21H19BrN4O2S2. The molecule has 1 aromatic heterocycles. The van der Waals surface area contributed by atoms with E-state index in [0.29, 0.717) is 11.1 Å². The molecule has 0 bridgehead atoms. The minimum absolute atomic E-state index is 0.244. The predicted molar refractivity (Wildman–Crippen MR) is 129 cm³/mol. The van der Waals surface area contributed by atoms with Crippen LogP contribution in [0.15, 0.2) is 70.9 Å². The summed E-state index contributed by atoms with van der Waals surface area (Å²) in [6.45, 7) is 0. The molecule has 9 heteroatoms. The number of sulfonamides is 1. The van der Waals surface area contributed by atoms with Gasteiger partial charge in [0.05, 0.1) is 10.6 Å². The first-order valence-corrected chi connectivity index (χ1v) is 12.2. The van der Waals surface area contributed by atoms with Crippen molar-refractivity contribution in [3.05, 3.63) is 66.0 Å². The first-order valence-electron chi connectivity index (χ1n) is 9.03. The maximum atomic E-state index is 13.2. The second-order valence-corrected chi connectivity index (χ2v) is 9.75. The highest BCUT2D eigenvalue weighted by molar-refractivity contribution is 9.10. The van der Waals surface area contributed by atoms with Gasteiger partial charge >= 0.3 is 0 Å². The van der Waals surface area contributed by atoms with Crippen LogP contribution in [0.5, 0.6) is 0 Å². The summed E-state index contributed by atoms with van der Waals surface area (Å²) in [6, 6.07) is 18.2. The lowest BCUT2D eigenvalue weighted by molar-refractivity contribution is 0.602. The average molecular weight is 503 g/mol. The van der Waals surface area contributed by atoms with Gasteiger partial charge < -0.3 is 4.90 Å². The van der Waals surface area contributed by atoms with E-state index in [1.54, 1.807) is 30.3 Å². The molecule has 4 rings (SSSR count). The zero-order valence-corrected chi connectivity index (χ0v) is 19.5. The Balaban J connectivity index is 1.72. The van der Waals surface area contributed by atoms with E-state index in [4.69, 9.17) is 0 Å². The number of hydrogen-bond acceptors (Lipinski definition) is 6. The van der Waals surface area contributed by atoms with Crippen molar-refractivity contribution in [1.82, 2.24) is 4.98 Å². The SMILES string of the molecule is CN(C)c1cccc2c(S(=O)(=O)Nc3cccc(-c4csc(NBr)n4)c3)cccc12. The van der Waals surface area contributed by atoms with Crippen molar-refractivity contribution in [2.24, 2.45) is 0 Å². The Hall–Kier alpha value is -2.62. The zero-order chi connectivity index (χ0) is 21.3. The number of halogens is 1. The second-order valence-electron chi connectivity index (χ2n) is 6.84. The van der Waals surface area contributed by atoms with Crippen LogP contribution < -0.4 is 14.0 Å². The molecule has 0 unspecified atom stereocenters. The van der Waals surface area contributed by atoms with Crippen LogP contribution in [0.2, 0.25) is 0 Å². The minimum atomic E-state index is -3.79. The molecule has 0 saturated carbocycles. The van der Waals surface area contributed by atoms with Crippen LogP contribution >= 0.6 is 27.5 Å². The highest BCUT2D eigenvalue weighted by Gasteiger charge is 2.19. The molecule has 0 aliphatic carbocycles. The molecule has 0 aliphatic heterocycles. The van der Waals surface area contributed by atoms with Gasteiger partial charge in [-0.1, -0.05) is 36.4 Å². The Bertz CT molecular complexity index is 1320. The van der Waals surface area contributed by atoms with Gasteiger partial charge in [0.25, 0.3) is 10.0 Å². The third-order valence-electron chi connectivity index (χ3n) is 4.63. The molecule has 1 heterocycles. The number of nitrogens with one attached hydrogen (secondary N) is 2. The zero-order valence-electron chi connectivity index (χ0n) is 16.3. The van der Waals surface area contributed by atoms with Crippen molar-refractivity contribution in [2.75, 3.05) is 28.1 Å². The molecular weight excluding hydrogens is 484 g/mol. The summed E-state index contributed by atoms with van der Waals surface area (Å²) < 4.78 is 32.0. The van der Waals surface area contributed by atoms with Crippen LogP contribution in [-0.4, -0.2) is 27.5 Å². The fourth-order valence-electron chi connectivity index (χ4n) is 3.29. The number of hydrogen-bond donors (Lipinski definition) is 2. The van der Waals surface area contributed by atoms with Gasteiger partial charge in [0, 0.05) is 63.3 Å². The van der Waals surface area contributed by atoms with E-state index in [9.17, 15) is 8.42 Å². The van der Waals surface area contributed by atoms with E-state index >= 15 is 0 Å². The van der Waals surface area contributed by atoms with Crippen LogP contribution in [0.3, 0.4) is 0 Å². The highest BCUT2D eigenvalue weighted by atomic mass is 79.9. The molecule has 0 atom stereocenters. The quantitative estimate of drug-likeness (QED) is 0.338. The molecule has 154 valence electrons. The van der Waals surface area contributed by atoms with Crippen molar-refractivity contribution in [3.8, 4) is 11.3 Å². The van der Waals surface area contributed by atoms with E-state index in [-0.39, 0.29) is 4.90 Å². The molecule has 6 nitrogen and oxygen atoms in total. The Kier molecular flexibility index (Phi) is 5.68. The number of nitrogens with zero attached hydrogens (tertiary/aromatic N) is 2. The third kappa shape index (κ3) is 4.00. The summed E-state index contributed by atoms with van der Waals surface area (Å²) in [4.78, 5) is 6.66. The van der Waals surface area contributed by atoms with E-state index in [1.807, 2.05) is 54.7 Å². The second kappa shape index (κ2) is 8.25. The first-order chi connectivity index (χ1) is 14.4. The van der Waals surface area contributed by atoms with Gasteiger partial charge in [-0.25, -0.2) is 13.4 Å². The standard InChI is InChI=1S/C21H19BrN4O2S2/c1-26(2)19-10-4-9-17-16(19)8-5-11-20(17)30(27,28)25-15-7-3-6-14(12-15)18-13-29-21(23-18)24-22/h3-13,25H,1-2H3,(H,23,24). The van der Waals surface area contributed by atoms with Gasteiger partial charge in [-0.15, -0.1) is 11.3 Å². The van der Waals surface area contributed by atoms with Gasteiger partial charge in [0.2, 0.25) is 0 Å². The summed E-state index contributed by atoms with van der Waals surface area (Å²) >= 11 is 4.61. The van der Waals surface area contributed by atoms with Gasteiger partial charge in [0.15, 0.2) is 5.13 Å². The van der Waals surface area contributed by atoms with Crippen molar-refractivity contribution >= 4 is 64.8 Å². The number of thiazole rings is 1. The summed E-state index contributed by atoms with van der Waals surface area (Å²) in [5.74, 6) is 0. The number of benzene rings is 3. The number of rotatable bonds is 6. The van der Waals surface area contributed by atoms with E-state index < -0.39 is 10.0 Å². The highest BCUT2D eigenvalue weighted by Crippen LogP contribution is 2.32. The molecule has 0 saturated heterocycles. The van der Waals surface area contributed by atoms with Crippen LogP contribution in [0.4, 0.5) is 16.5 Å². The van der Waals surface area contributed by atoms with Crippen LogP contribution in [0, 0.1) is 0 Å². The maximum Gasteiger partial charge on any atom is 0.262 e. The Morgan fingerprint density at radius 2 is 1.73 bits per heavy atom. The fraction of sp³-hybridized carbons (Fsp3) is 0.0952. The van der Waals surface area contributed by atoms with Crippen molar-refractivity contribution in [3.63, 3.8) is 0 Å². The van der Waals surface area contributed by atoms with Crippen molar-refractivity contribution in [2.45, 2.75) is 4.90 Å². The number of anilines is 3. The van der Waals surface area contributed by atoms with Crippen LogP contribution in [0.1, 0.15) is 0 Å². The topological polar surface area (TPSA) is 74.3 Å². The minimum Gasteiger partial charge on any atom is -0.377 e.